The molecule has 1 aromatic heterocycles. The van der Waals surface area contributed by atoms with Crippen LogP contribution < -0.4 is 5.32 Å². The van der Waals surface area contributed by atoms with Crippen LogP contribution in [0.2, 0.25) is 0 Å². The molecule has 1 N–H and O–H groups in total. The van der Waals surface area contributed by atoms with E-state index < -0.39 is 0 Å². The van der Waals surface area contributed by atoms with Gasteiger partial charge in [0, 0.05) is 37.4 Å². The third-order valence-corrected chi connectivity index (χ3v) is 3.99. The number of aromatic nitrogens is 1. The fourth-order valence-electron chi connectivity index (χ4n) is 2.61. The Hall–Kier alpha value is -0.930. The summed E-state index contributed by atoms with van der Waals surface area (Å²) in [6, 6.07) is 4.89. The number of nitrogens with zero attached hydrogens (tertiary/aromatic N) is 2. The smallest absolute Gasteiger partial charge is 0.0541 e. The summed E-state index contributed by atoms with van der Waals surface area (Å²) in [5.74, 6) is 0. The summed E-state index contributed by atoms with van der Waals surface area (Å²) in [5, 5.41) is 3.64. The summed E-state index contributed by atoms with van der Waals surface area (Å²) in [4.78, 5) is 7.02. The lowest BCUT2D eigenvalue weighted by Crippen LogP contribution is -2.49. The first-order valence-electron chi connectivity index (χ1n) is 7.35. The van der Waals surface area contributed by atoms with Gasteiger partial charge in [0.05, 0.1) is 5.69 Å². The zero-order chi connectivity index (χ0) is 13.9. The number of rotatable bonds is 3. The van der Waals surface area contributed by atoms with Crippen molar-refractivity contribution in [2.45, 2.75) is 58.7 Å². The van der Waals surface area contributed by atoms with E-state index in [1.165, 1.54) is 31.5 Å². The number of likely N-dealkylation sites (tertiary alicyclic amines) is 1. The first-order chi connectivity index (χ1) is 8.95. The average Bonchev–Trinajstić information content (AvgIpc) is 2.37. The van der Waals surface area contributed by atoms with Crippen molar-refractivity contribution < 1.29 is 0 Å². The molecule has 1 aromatic rings. The van der Waals surface area contributed by atoms with Gasteiger partial charge in [0.25, 0.3) is 0 Å². The molecule has 0 unspecified atom stereocenters. The Labute approximate surface area is 117 Å². The van der Waals surface area contributed by atoms with Crippen molar-refractivity contribution in [1.29, 1.82) is 0 Å². The van der Waals surface area contributed by atoms with Crippen LogP contribution in [0.4, 0.5) is 0 Å². The van der Waals surface area contributed by atoms with E-state index in [0.717, 1.165) is 12.2 Å². The van der Waals surface area contributed by atoms with Gasteiger partial charge in [0.1, 0.15) is 0 Å². The summed E-state index contributed by atoms with van der Waals surface area (Å²) in [6.07, 6.45) is 4.42. The highest BCUT2D eigenvalue weighted by atomic mass is 15.2. The average molecular weight is 261 g/mol. The standard InChI is InChI=1S/C16H27N3/c1-13-5-6-15(17-11-13)12-18-14-7-9-19(10-8-14)16(2,3)4/h5-6,11,14,18H,7-10,12H2,1-4H3. The van der Waals surface area contributed by atoms with Crippen LogP contribution in [0.1, 0.15) is 44.9 Å². The maximum Gasteiger partial charge on any atom is 0.0541 e. The van der Waals surface area contributed by atoms with Crippen LogP contribution in [-0.4, -0.2) is 34.6 Å². The van der Waals surface area contributed by atoms with Gasteiger partial charge in [0.15, 0.2) is 0 Å². The van der Waals surface area contributed by atoms with Crippen molar-refractivity contribution in [3.8, 4) is 0 Å². The Morgan fingerprint density at radius 2 is 1.95 bits per heavy atom. The fourth-order valence-corrected chi connectivity index (χ4v) is 2.61. The van der Waals surface area contributed by atoms with Crippen LogP contribution in [0.25, 0.3) is 0 Å². The molecule has 0 radical (unpaired) electrons. The molecule has 2 rings (SSSR count). The van der Waals surface area contributed by atoms with Gasteiger partial charge < -0.3 is 5.32 Å². The van der Waals surface area contributed by atoms with E-state index in [2.05, 4.69) is 55.0 Å². The lowest BCUT2D eigenvalue weighted by atomic mass is 9.98. The number of hydrogen-bond donors (Lipinski definition) is 1. The van der Waals surface area contributed by atoms with Crippen LogP contribution in [0.3, 0.4) is 0 Å². The molecule has 1 aliphatic rings. The van der Waals surface area contributed by atoms with E-state index >= 15 is 0 Å². The highest BCUT2D eigenvalue weighted by Crippen LogP contribution is 2.20. The second-order valence-corrected chi connectivity index (χ2v) is 6.64. The van der Waals surface area contributed by atoms with Gasteiger partial charge in [-0.2, -0.15) is 0 Å². The summed E-state index contributed by atoms with van der Waals surface area (Å²) in [7, 11) is 0. The van der Waals surface area contributed by atoms with Gasteiger partial charge in [-0.25, -0.2) is 0 Å². The Kier molecular flexibility index (Phi) is 4.58. The molecule has 0 aromatic carbocycles. The minimum absolute atomic E-state index is 0.309. The number of pyridine rings is 1. The van der Waals surface area contributed by atoms with Crippen molar-refractivity contribution in [3.05, 3.63) is 29.6 Å². The van der Waals surface area contributed by atoms with Gasteiger partial charge in [0.2, 0.25) is 0 Å². The minimum atomic E-state index is 0.309. The van der Waals surface area contributed by atoms with E-state index in [4.69, 9.17) is 0 Å². The summed E-state index contributed by atoms with van der Waals surface area (Å²) >= 11 is 0. The molecule has 0 amide bonds. The zero-order valence-electron chi connectivity index (χ0n) is 12.7. The molecule has 0 spiro atoms. The quantitative estimate of drug-likeness (QED) is 0.907. The van der Waals surface area contributed by atoms with E-state index in [0.29, 0.717) is 11.6 Å². The second kappa shape index (κ2) is 6.02. The summed E-state index contributed by atoms with van der Waals surface area (Å²) in [6.45, 7) is 12.3. The van der Waals surface area contributed by atoms with Gasteiger partial charge in [-0.3, -0.25) is 9.88 Å². The SMILES string of the molecule is Cc1ccc(CNC2CCN(C(C)(C)C)CC2)nc1. The molecule has 106 valence electrons. The van der Waals surface area contributed by atoms with Gasteiger partial charge in [-0.15, -0.1) is 0 Å². The normalized spacial score (nSPS) is 18.7. The lowest BCUT2D eigenvalue weighted by Gasteiger charge is -2.41. The fraction of sp³-hybridized carbons (Fsp3) is 0.688. The predicted molar refractivity (Wildman–Crippen MR) is 80.2 cm³/mol. The number of piperidine rings is 1. The maximum absolute atomic E-state index is 4.44. The molecule has 0 saturated carbocycles. The molecule has 3 nitrogen and oxygen atoms in total. The molecule has 1 aliphatic heterocycles. The molecule has 19 heavy (non-hydrogen) atoms. The zero-order valence-corrected chi connectivity index (χ0v) is 12.7. The second-order valence-electron chi connectivity index (χ2n) is 6.64. The summed E-state index contributed by atoms with van der Waals surface area (Å²) in [5.41, 5.74) is 2.68. The number of aryl methyl sites for hydroxylation is 1. The van der Waals surface area contributed by atoms with Crippen molar-refractivity contribution in [3.63, 3.8) is 0 Å². The molecule has 0 aliphatic carbocycles. The Balaban J connectivity index is 1.75. The van der Waals surface area contributed by atoms with Crippen molar-refractivity contribution >= 4 is 0 Å². The molecule has 1 fully saturated rings. The molecule has 0 atom stereocenters. The number of hydrogen-bond acceptors (Lipinski definition) is 3. The Morgan fingerprint density at radius 3 is 2.47 bits per heavy atom. The lowest BCUT2D eigenvalue weighted by molar-refractivity contribution is 0.0959. The highest BCUT2D eigenvalue weighted by molar-refractivity contribution is 5.12. The molecular weight excluding hydrogens is 234 g/mol. The van der Waals surface area contributed by atoms with Gasteiger partial charge in [-0.05, 0) is 52.2 Å². The predicted octanol–water partition coefficient (Wildman–Crippen LogP) is 2.74. The molecular formula is C16H27N3. The maximum atomic E-state index is 4.44. The van der Waals surface area contributed by atoms with E-state index in [-0.39, 0.29) is 0 Å². The van der Waals surface area contributed by atoms with E-state index in [1.54, 1.807) is 0 Å². The Morgan fingerprint density at radius 1 is 1.26 bits per heavy atom. The van der Waals surface area contributed by atoms with Crippen LogP contribution in [0.5, 0.6) is 0 Å². The third kappa shape index (κ3) is 4.29. The van der Waals surface area contributed by atoms with E-state index in [1.807, 2.05) is 6.20 Å². The summed E-state index contributed by atoms with van der Waals surface area (Å²) < 4.78 is 0. The molecule has 3 heteroatoms. The third-order valence-electron chi connectivity index (χ3n) is 3.99. The molecule has 0 bridgehead atoms. The van der Waals surface area contributed by atoms with Crippen molar-refractivity contribution in [2.75, 3.05) is 13.1 Å². The van der Waals surface area contributed by atoms with Crippen LogP contribution in [0, 0.1) is 6.92 Å². The van der Waals surface area contributed by atoms with Crippen LogP contribution in [-0.2, 0) is 6.54 Å². The van der Waals surface area contributed by atoms with Gasteiger partial charge in [-0.1, -0.05) is 6.07 Å². The van der Waals surface area contributed by atoms with Crippen LogP contribution >= 0.6 is 0 Å². The van der Waals surface area contributed by atoms with Crippen LogP contribution in [0.15, 0.2) is 18.3 Å². The number of nitrogens with one attached hydrogen (secondary N) is 1. The van der Waals surface area contributed by atoms with E-state index in [9.17, 15) is 0 Å². The largest absolute Gasteiger partial charge is 0.308 e. The van der Waals surface area contributed by atoms with Gasteiger partial charge >= 0.3 is 0 Å². The molecule has 1 saturated heterocycles. The minimum Gasteiger partial charge on any atom is -0.308 e. The van der Waals surface area contributed by atoms with Crippen molar-refractivity contribution in [1.82, 2.24) is 15.2 Å². The molecule has 2 heterocycles. The highest BCUT2D eigenvalue weighted by Gasteiger charge is 2.26. The first kappa shape index (κ1) is 14.5. The Bertz CT molecular complexity index is 383. The topological polar surface area (TPSA) is 28.2 Å². The monoisotopic (exact) mass is 261 g/mol. The first-order valence-corrected chi connectivity index (χ1v) is 7.35. The van der Waals surface area contributed by atoms with Crippen molar-refractivity contribution in [2.24, 2.45) is 0 Å².